The van der Waals surface area contributed by atoms with Crippen molar-refractivity contribution in [3.05, 3.63) is 210 Å². The Bertz CT molecular complexity index is 2810. The predicted molar refractivity (Wildman–Crippen MR) is 216 cm³/mol. The lowest BCUT2D eigenvalue weighted by Crippen LogP contribution is -2.32. The zero-order valence-electron chi connectivity index (χ0n) is 29.1. The molecular formula is C50H31N3O. The molecule has 0 unspecified atom stereocenters. The fourth-order valence-electron chi connectivity index (χ4n) is 8.71. The molecule has 0 saturated carbocycles. The smallest absolute Gasteiger partial charge is 0.164 e. The van der Waals surface area contributed by atoms with Crippen LogP contribution in [-0.4, -0.2) is 15.0 Å². The maximum absolute atomic E-state index is 6.65. The highest BCUT2D eigenvalue weighted by Crippen LogP contribution is 2.63. The van der Waals surface area contributed by atoms with Crippen LogP contribution in [-0.2, 0) is 5.41 Å². The minimum atomic E-state index is -0.638. The van der Waals surface area contributed by atoms with E-state index in [2.05, 4.69) is 152 Å². The van der Waals surface area contributed by atoms with E-state index in [0.717, 1.165) is 56.0 Å². The Morgan fingerprint density at radius 3 is 1.59 bits per heavy atom. The standard InChI is InChI=1S/C50H31N3O/c1-3-16-33(17-4-1)47-51-48(34-18-5-2-6-19-34)53-49(52-47)38-23-14-26-43-46(38)39-31-35(37-22-13-20-32-15-7-8-21-36(32)37)29-30-40(39)50(43)41-24-9-11-27-44(41)54-45-28-12-10-25-42(45)50/h1-31H. The zero-order chi connectivity index (χ0) is 35.6. The van der Waals surface area contributed by atoms with E-state index >= 15 is 0 Å². The number of rotatable bonds is 4. The Labute approximate surface area is 313 Å². The molecule has 8 aromatic carbocycles. The van der Waals surface area contributed by atoms with Gasteiger partial charge in [0.05, 0.1) is 5.41 Å². The van der Waals surface area contributed by atoms with Gasteiger partial charge in [-0.25, -0.2) is 15.0 Å². The third-order valence-corrected chi connectivity index (χ3v) is 11.0. The van der Waals surface area contributed by atoms with Crippen LogP contribution in [0.4, 0.5) is 0 Å². The molecule has 2 aliphatic rings. The highest BCUT2D eigenvalue weighted by molar-refractivity contribution is 6.01. The lowest BCUT2D eigenvalue weighted by Gasteiger charge is -2.39. The molecule has 0 saturated heterocycles. The van der Waals surface area contributed by atoms with Crippen LogP contribution in [0.5, 0.6) is 11.5 Å². The molecule has 2 heterocycles. The van der Waals surface area contributed by atoms with E-state index in [9.17, 15) is 0 Å². The molecule has 11 rings (SSSR count). The maximum Gasteiger partial charge on any atom is 0.164 e. The number of benzene rings is 8. The van der Waals surface area contributed by atoms with Gasteiger partial charge in [-0.15, -0.1) is 0 Å². The van der Waals surface area contributed by atoms with Gasteiger partial charge in [-0.1, -0.05) is 170 Å². The van der Waals surface area contributed by atoms with E-state index in [0.29, 0.717) is 17.5 Å². The van der Waals surface area contributed by atoms with Crippen molar-refractivity contribution in [1.82, 2.24) is 15.0 Å². The van der Waals surface area contributed by atoms with E-state index in [-0.39, 0.29) is 0 Å². The van der Waals surface area contributed by atoms with Gasteiger partial charge in [-0.3, -0.25) is 0 Å². The molecule has 0 bridgehead atoms. The minimum absolute atomic E-state index is 0.631. The summed E-state index contributed by atoms with van der Waals surface area (Å²) in [6.07, 6.45) is 0. The molecule has 1 aliphatic heterocycles. The third-order valence-electron chi connectivity index (χ3n) is 11.0. The Kier molecular flexibility index (Phi) is 6.73. The summed E-state index contributed by atoms with van der Waals surface area (Å²) in [7, 11) is 0. The van der Waals surface area contributed by atoms with Gasteiger partial charge in [0.15, 0.2) is 17.5 Å². The second-order valence-electron chi connectivity index (χ2n) is 13.9. The number of para-hydroxylation sites is 2. The van der Waals surface area contributed by atoms with Crippen molar-refractivity contribution >= 4 is 10.8 Å². The lowest BCUT2D eigenvalue weighted by molar-refractivity contribution is 0.436. The number of nitrogens with zero attached hydrogens (tertiary/aromatic N) is 3. The van der Waals surface area contributed by atoms with Crippen LogP contribution in [0.25, 0.3) is 67.2 Å². The van der Waals surface area contributed by atoms with Crippen molar-refractivity contribution in [1.29, 1.82) is 0 Å². The molecular weight excluding hydrogens is 659 g/mol. The predicted octanol–water partition coefficient (Wildman–Crippen LogP) is 12.2. The molecule has 0 N–H and O–H groups in total. The molecule has 252 valence electrons. The summed E-state index contributed by atoms with van der Waals surface area (Å²) < 4.78 is 6.65. The summed E-state index contributed by atoms with van der Waals surface area (Å²) in [6.45, 7) is 0. The highest BCUT2D eigenvalue weighted by atomic mass is 16.5. The van der Waals surface area contributed by atoms with Crippen LogP contribution in [0.15, 0.2) is 188 Å². The third kappa shape index (κ3) is 4.47. The SMILES string of the molecule is c1ccc(-c2nc(-c3ccccc3)nc(-c3cccc4c3-c3cc(-c5cccc6ccccc56)ccc3C43c4ccccc4Oc4ccccc43)n2)cc1. The van der Waals surface area contributed by atoms with E-state index in [1.165, 1.54) is 27.5 Å². The largest absolute Gasteiger partial charge is 0.457 e. The summed E-state index contributed by atoms with van der Waals surface area (Å²) >= 11 is 0. The van der Waals surface area contributed by atoms with E-state index in [1.807, 2.05) is 36.4 Å². The first kappa shape index (κ1) is 30.5. The summed E-state index contributed by atoms with van der Waals surface area (Å²) in [4.78, 5) is 15.5. The second-order valence-corrected chi connectivity index (χ2v) is 13.9. The van der Waals surface area contributed by atoms with Crippen molar-refractivity contribution in [2.75, 3.05) is 0 Å². The Balaban J connectivity index is 1.25. The van der Waals surface area contributed by atoms with Gasteiger partial charge >= 0.3 is 0 Å². The molecule has 4 nitrogen and oxygen atoms in total. The van der Waals surface area contributed by atoms with Crippen LogP contribution in [0.3, 0.4) is 0 Å². The Morgan fingerprint density at radius 2 is 0.889 bits per heavy atom. The molecule has 9 aromatic rings. The van der Waals surface area contributed by atoms with Crippen molar-refractivity contribution in [3.63, 3.8) is 0 Å². The first-order valence-electron chi connectivity index (χ1n) is 18.3. The topological polar surface area (TPSA) is 47.9 Å². The van der Waals surface area contributed by atoms with Crippen LogP contribution >= 0.6 is 0 Å². The molecule has 54 heavy (non-hydrogen) atoms. The quantitative estimate of drug-likeness (QED) is 0.185. The normalized spacial score (nSPS) is 13.1. The fraction of sp³-hybridized carbons (Fsp3) is 0.0200. The van der Waals surface area contributed by atoms with Crippen LogP contribution in [0, 0.1) is 0 Å². The monoisotopic (exact) mass is 689 g/mol. The van der Waals surface area contributed by atoms with Crippen molar-refractivity contribution in [2.24, 2.45) is 0 Å². The first-order chi connectivity index (χ1) is 26.8. The Hall–Kier alpha value is -7.17. The molecule has 0 fully saturated rings. The second kappa shape index (κ2) is 11.9. The molecule has 0 radical (unpaired) electrons. The van der Waals surface area contributed by atoms with Crippen molar-refractivity contribution in [3.8, 4) is 67.9 Å². The van der Waals surface area contributed by atoms with Crippen molar-refractivity contribution < 1.29 is 4.74 Å². The van der Waals surface area contributed by atoms with Crippen molar-refractivity contribution in [2.45, 2.75) is 5.41 Å². The van der Waals surface area contributed by atoms with Gasteiger partial charge < -0.3 is 4.74 Å². The minimum Gasteiger partial charge on any atom is -0.457 e. The van der Waals surface area contributed by atoms with Gasteiger partial charge in [0.2, 0.25) is 0 Å². The lowest BCUT2D eigenvalue weighted by atomic mass is 9.66. The van der Waals surface area contributed by atoms with E-state index < -0.39 is 5.41 Å². The summed E-state index contributed by atoms with van der Waals surface area (Å²) in [5, 5.41) is 2.44. The highest BCUT2D eigenvalue weighted by Gasteiger charge is 2.51. The van der Waals surface area contributed by atoms with Crippen LogP contribution < -0.4 is 4.74 Å². The first-order valence-corrected chi connectivity index (χ1v) is 18.3. The van der Waals surface area contributed by atoms with Gasteiger partial charge in [0, 0.05) is 27.8 Å². The van der Waals surface area contributed by atoms with Gasteiger partial charge in [0.25, 0.3) is 0 Å². The molecule has 1 aliphatic carbocycles. The average Bonchev–Trinajstić information content (AvgIpc) is 3.54. The van der Waals surface area contributed by atoms with E-state index in [1.54, 1.807) is 0 Å². The maximum atomic E-state index is 6.65. The number of ether oxygens (including phenoxy) is 1. The van der Waals surface area contributed by atoms with Crippen LogP contribution in [0.1, 0.15) is 22.3 Å². The van der Waals surface area contributed by atoms with E-state index in [4.69, 9.17) is 19.7 Å². The summed E-state index contributed by atoms with van der Waals surface area (Å²) in [5.74, 6) is 3.62. The molecule has 4 heteroatoms. The van der Waals surface area contributed by atoms with Crippen LogP contribution in [0.2, 0.25) is 0 Å². The summed E-state index contributed by atoms with van der Waals surface area (Å²) in [6, 6.07) is 66.1. The number of fused-ring (bicyclic) bond motifs is 10. The van der Waals surface area contributed by atoms with Gasteiger partial charge in [0.1, 0.15) is 11.5 Å². The summed E-state index contributed by atoms with van der Waals surface area (Å²) in [5.41, 5.74) is 11.4. The molecule has 0 atom stereocenters. The molecule has 1 spiro atoms. The number of hydrogen-bond acceptors (Lipinski definition) is 4. The van der Waals surface area contributed by atoms with Gasteiger partial charge in [-0.2, -0.15) is 0 Å². The number of hydrogen-bond donors (Lipinski definition) is 0. The Morgan fingerprint density at radius 1 is 0.352 bits per heavy atom. The zero-order valence-corrected chi connectivity index (χ0v) is 29.1. The molecule has 0 amide bonds. The fourth-order valence-corrected chi connectivity index (χ4v) is 8.71. The number of aromatic nitrogens is 3. The van der Waals surface area contributed by atoms with Gasteiger partial charge in [-0.05, 0) is 62.4 Å². The average molecular weight is 690 g/mol. The molecule has 1 aromatic heterocycles.